The highest BCUT2D eigenvalue weighted by Crippen LogP contribution is 2.24. The third-order valence-electron chi connectivity index (χ3n) is 4.35. The van der Waals surface area contributed by atoms with Gasteiger partial charge in [0.15, 0.2) is 0 Å². The van der Waals surface area contributed by atoms with E-state index in [2.05, 4.69) is 29.2 Å². The Labute approximate surface area is 130 Å². The van der Waals surface area contributed by atoms with Crippen LogP contribution in [0.15, 0.2) is 54.6 Å². The lowest BCUT2D eigenvalue weighted by atomic mass is 10.0. The second kappa shape index (κ2) is 6.71. The van der Waals surface area contributed by atoms with E-state index in [4.69, 9.17) is 0 Å². The van der Waals surface area contributed by atoms with Crippen LogP contribution in [0.4, 0.5) is 5.69 Å². The van der Waals surface area contributed by atoms with Crippen molar-refractivity contribution in [3.8, 4) is 0 Å². The van der Waals surface area contributed by atoms with Crippen LogP contribution < -0.4 is 0 Å². The number of nitro groups is 1. The fraction of sp³-hybridized carbons (Fsp3) is 0.333. The first kappa shape index (κ1) is 14.7. The van der Waals surface area contributed by atoms with E-state index in [1.54, 1.807) is 12.1 Å². The van der Waals surface area contributed by atoms with Gasteiger partial charge in [-0.3, -0.25) is 15.0 Å². The average Bonchev–Trinajstić information content (AvgIpc) is 2.96. The van der Waals surface area contributed by atoms with Crippen LogP contribution in [0.2, 0.25) is 0 Å². The number of nitro benzene ring substituents is 1. The molecule has 1 aliphatic rings. The predicted octanol–water partition coefficient (Wildman–Crippen LogP) is 3.80. The van der Waals surface area contributed by atoms with Crippen LogP contribution in [0.5, 0.6) is 0 Å². The first-order valence-corrected chi connectivity index (χ1v) is 7.74. The van der Waals surface area contributed by atoms with E-state index < -0.39 is 0 Å². The Morgan fingerprint density at radius 3 is 2.45 bits per heavy atom. The first-order chi connectivity index (χ1) is 10.7. The summed E-state index contributed by atoms with van der Waals surface area (Å²) in [5.74, 6) is 0. The maximum absolute atomic E-state index is 10.7. The quantitative estimate of drug-likeness (QED) is 0.622. The monoisotopic (exact) mass is 296 g/mol. The van der Waals surface area contributed by atoms with Crippen LogP contribution in [0, 0.1) is 10.1 Å². The topological polar surface area (TPSA) is 46.4 Å². The fourth-order valence-electron chi connectivity index (χ4n) is 3.18. The summed E-state index contributed by atoms with van der Waals surface area (Å²) in [6.45, 7) is 1.98. The Morgan fingerprint density at radius 2 is 1.77 bits per heavy atom. The van der Waals surface area contributed by atoms with Crippen molar-refractivity contribution in [3.63, 3.8) is 0 Å². The zero-order chi connectivity index (χ0) is 15.4. The molecule has 0 N–H and O–H groups in total. The van der Waals surface area contributed by atoms with Gasteiger partial charge in [-0.05, 0) is 36.9 Å². The maximum atomic E-state index is 10.7. The standard InChI is InChI=1S/C18H20N2O2/c21-20(22)17-10-8-16(9-11-17)14-19-12-4-7-18(19)13-15-5-2-1-3-6-15/h1-3,5-6,8-11,18H,4,7,12-14H2. The van der Waals surface area contributed by atoms with Gasteiger partial charge >= 0.3 is 0 Å². The summed E-state index contributed by atoms with van der Waals surface area (Å²) in [4.78, 5) is 12.9. The van der Waals surface area contributed by atoms with Gasteiger partial charge in [0, 0.05) is 24.7 Å². The molecule has 0 aliphatic carbocycles. The molecule has 1 unspecified atom stereocenters. The van der Waals surface area contributed by atoms with Crippen molar-refractivity contribution < 1.29 is 4.92 Å². The zero-order valence-corrected chi connectivity index (χ0v) is 12.5. The Balaban J connectivity index is 1.64. The summed E-state index contributed by atoms with van der Waals surface area (Å²) in [5, 5.41) is 10.7. The molecule has 4 heteroatoms. The Bertz CT molecular complexity index is 625. The number of non-ortho nitro benzene ring substituents is 1. The van der Waals surface area contributed by atoms with E-state index in [9.17, 15) is 10.1 Å². The fourth-order valence-corrected chi connectivity index (χ4v) is 3.18. The third-order valence-corrected chi connectivity index (χ3v) is 4.35. The average molecular weight is 296 g/mol. The zero-order valence-electron chi connectivity index (χ0n) is 12.5. The second-order valence-corrected chi connectivity index (χ2v) is 5.88. The van der Waals surface area contributed by atoms with Gasteiger partial charge in [0.25, 0.3) is 5.69 Å². The SMILES string of the molecule is O=[N+]([O-])c1ccc(CN2CCCC2Cc2ccccc2)cc1. The van der Waals surface area contributed by atoms with Crippen LogP contribution in [0.3, 0.4) is 0 Å². The van der Waals surface area contributed by atoms with Gasteiger partial charge in [-0.25, -0.2) is 0 Å². The Hall–Kier alpha value is -2.20. The predicted molar refractivity (Wildman–Crippen MR) is 86.7 cm³/mol. The van der Waals surface area contributed by atoms with E-state index >= 15 is 0 Å². The van der Waals surface area contributed by atoms with Crippen molar-refractivity contribution >= 4 is 5.69 Å². The molecule has 2 aromatic rings. The summed E-state index contributed by atoms with van der Waals surface area (Å²) in [6, 6.07) is 18.1. The summed E-state index contributed by atoms with van der Waals surface area (Å²) < 4.78 is 0. The Morgan fingerprint density at radius 1 is 1.05 bits per heavy atom. The van der Waals surface area contributed by atoms with E-state index in [1.165, 1.54) is 18.4 Å². The van der Waals surface area contributed by atoms with Crippen molar-refractivity contribution in [1.29, 1.82) is 0 Å². The van der Waals surface area contributed by atoms with E-state index in [0.29, 0.717) is 6.04 Å². The lowest BCUT2D eigenvalue weighted by molar-refractivity contribution is -0.384. The molecule has 0 radical (unpaired) electrons. The molecule has 0 amide bonds. The smallest absolute Gasteiger partial charge is 0.269 e. The van der Waals surface area contributed by atoms with Gasteiger partial charge in [-0.2, -0.15) is 0 Å². The van der Waals surface area contributed by atoms with E-state index in [-0.39, 0.29) is 10.6 Å². The normalized spacial score (nSPS) is 18.5. The van der Waals surface area contributed by atoms with Crippen LogP contribution in [-0.2, 0) is 13.0 Å². The number of benzene rings is 2. The molecule has 4 nitrogen and oxygen atoms in total. The van der Waals surface area contributed by atoms with Crippen LogP contribution >= 0.6 is 0 Å². The van der Waals surface area contributed by atoms with Crippen molar-refractivity contribution in [1.82, 2.24) is 4.90 Å². The molecule has 0 bridgehead atoms. The molecule has 1 atom stereocenters. The van der Waals surface area contributed by atoms with Crippen molar-refractivity contribution in [2.45, 2.75) is 31.8 Å². The minimum absolute atomic E-state index is 0.158. The van der Waals surface area contributed by atoms with Crippen molar-refractivity contribution in [2.24, 2.45) is 0 Å². The third kappa shape index (κ3) is 3.52. The van der Waals surface area contributed by atoms with Gasteiger partial charge in [-0.15, -0.1) is 0 Å². The highest BCUT2D eigenvalue weighted by molar-refractivity contribution is 5.32. The molecule has 1 saturated heterocycles. The molecule has 3 rings (SSSR count). The first-order valence-electron chi connectivity index (χ1n) is 7.74. The summed E-state index contributed by atoms with van der Waals surface area (Å²) in [5.41, 5.74) is 2.68. The van der Waals surface area contributed by atoms with Crippen molar-refractivity contribution in [3.05, 3.63) is 75.8 Å². The van der Waals surface area contributed by atoms with Gasteiger partial charge in [-0.1, -0.05) is 42.5 Å². The molecule has 0 saturated carbocycles. The lowest BCUT2D eigenvalue weighted by Gasteiger charge is -2.24. The summed E-state index contributed by atoms with van der Waals surface area (Å²) in [7, 11) is 0. The summed E-state index contributed by atoms with van der Waals surface area (Å²) in [6.07, 6.45) is 3.53. The van der Waals surface area contributed by atoms with Gasteiger partial charge < -0.3 is 0 Å². The van der Waals surface area contributed by atoms with E-state index in [1.807, 2.05) is 18.2 Å². The number of hydrogen-bond donors (Lipinski definition) is 0. The highest BCUT2D eigenvalue weighted by atomic mass is 16.6. The summed E-state index contributed by atoms with van der Waals surface area (Å²) >= 11 is 0. The molecule has 1 aliphatic heterocycles. The van der Waals surface area contributed by atoms with E-state index in [0.717, 1.165) is 25.1 Å². The van der Waals surface area contributed by atoms with Crippen LogP contribution in [-0.4, -0.2) is 22.4 Å². The minimum atomic E-state index is -0.349. The molecule has 22 heavy (non-hydrogen) atoms. The second-order valence-electron chi connectivity index (χ2n) is 5.88. The highest BCUT2D eigenvalue weighted by Gasteiger charge is 2.24. The largest absolute Gasteiger partial charge is 0.296 e. The van der Waals surface area contributed by atoms with Crippen LogP contribution in [0.1, 0.15) is 24.0 Å². The van der Waals surface area contributed by atoms with Crippen LogP contribution in [0.25, 0.3) is 0 Å². The number of rotatable bonds is 5. The molecule has 1 fully saturated rings. The maximum Gasteiger partial charge on any atom is 0.269 e. The Kier molecular flexibility index (Phi) is 4.49. The number of hydrogen-bond acceptors (Lipinski definition) is 3. The van der Waals surface area contributed by atoms with Gasteiger partial charge in [0.1, 0.15) is 0 Å². The molecule has 1 heterocycles. The molecular formula is C18H20N2O2. The van der Waals surface area contributed by atoms with Gasteiger partial charge in [0.2, 0.25) is 0 Å². The van der Waals surface area contributed by atoms with Gasteiger partial charge in [0.05, 0.1) is 4.92 Å². The minimum Gasteiger partial charge on any atom is -0.296 e. The number of likely N-dealkylation sites (tertiary alicyclic amines) is 1. The molecule has 2 aromatic carbocycles. The molecule has 0 aromatic heterocycles. The number of nitrogens with zero attached hydrogens (tertiary/aromatic N) is 2. The molecule has 0 spiro atoms. The molecule has 114 valence electrons. The molecular weight excluding hydrogens is 276 g/mol. The van der Waals surface area contributed by atoms with Crippen molar-refractivity contribution in [2.75, 3.05) is 6.54 Å². The lowest BCUT2D eigenvalue weighted by Crippen LogP contribution is -2.30.